The summed E-state index contributed by atoms with van der Waals surface area (Å²) in [7, 11) is -2.97. The third kappa shape index (κ3) is 2.79. The second-order valence-electron chi connectivity index (χ2n) is 6.10. The summed E-state index contributed by atoms with van der Waals surface area (Å²) in [5.41, 5.74) is 0. The van der Waals surface area contributed by atoms with E-state index in [0.29, 0.717) is 12.5 Å². The molecule has 3 fully saturated rings. The molecule has 1 amide bonds. The SMILES string of the molecule is O=C(N[C@@H]1CCN2CCCC[C@@H]12)[C@@H]1CCS(=O)(=O)C1. The van der Waals surface area contributed by atoms with Crippen LogP contribution in [-0.2, 0) is 14.6 Å². The van der Waals surface area contributed by atoms with Gasteiger partial charge in [0.25, 0.3) is 0 Å². The molecule has 0 saturated carbocycles. The van der Waals surface area contributed by atoms with Gasteiger partial charge in [-0.05, 0) is 32.2 Å². The fraction of sp³-hybridized carbons (Fsp3) is 0.923. The van der Waals surface area contributed by atoms with Gasteiger partial charge in [-0.1, -0.05) is 6.42 Å². The molecule has 0 bridgehead atoms. The van der Waals surface area contributed by atoms with Crippen LogP contribution in [0.1, 0.15) is 32.1 Å². The van der Waals surface area contributed by atoms with Gasteiger partial charge in [0.15, 0.2) is 9.84 Å². The lowest BCUT2D eigenvalue weighted by atomic mass is 9.98. The minimum atomic E-state index is -2.97. The predicted octanol–water partition coefficient (Wildman–Crippen LogP) is 0.164. The van der Waals surface area contributed by atoms with Crippen molar-refractivity contribution >= 4 is 15.7 Å². The van der Waals surface area contributed by atoms with Crippen LogP contribution >= 0.6 is 0 Å². The number of carbonyl (C=O) groups is 1. The molecular formula is C13H22N2O3S. The normalized spacial score (nSPS) is 38.0. The number of nitrogens with one attached hydrogen (secondary N) is 1. The number of rotatable bonds is 2. The largest absolute Gasteiger partial charge is 0.351 e. The standard InChI is InChI=1S/C13H22N2O3S/c16-13(10-5-8-19(17,18)9-10)14-11-4-7-15-6-2-1-3-12(11)15/h10-12H,1-9H2,(H,14,16)/t10-,11-,12+/m1/s1. The van der Waals surface area contributed by atoms with E-state index in [2.05, 4.69) is 10.2 Å². The van der Waals surface area contributed by atoms with Gasteiger partial charge >= 0.3 is 0 Å². The van der Waals surface area contributed by atoms with Gasteiger partial charge in [0.1, 0.15) is 0 Å². The first kappa shape index (κ1) is 13.4. The molecule has 3 aliphatic rings. The highest BCUT2D eigenvalue weighted by atomic mass is 32.2. The number of fused-ring (bicyclic) bond motifs is 1. The third-order valence-electron chi connectivity index (χ3n) is 4.79. The lowest BCUT2D eigenvalue weighted by Gasteiger charge is -2.32. The average molecular weight is 286 g/mol. The number of carbonyl (C=O) groups excluding carboxylic acids is 1. The Morgan fingerprint density at radius 2 is 1.95 bits per heavy atom. The first-order chi connectivity index (χ1) is 9.05. The zero-order valence-electron chi connectivity index (χ0n) is 11.2. The van der Waals surface area contributed by atoms with Gasteiger partial charge in [0.05, 0.1) is 17.4 Å². The van der Waals surface area contributed by atoms with Crippen molar-refractivity contribution in [2.24, 2.45) is 5.92 Å². The van der Waals surface area contributed by atoms with Gasteiger partial charge in [0, 0.05) is 18.6 Å². The van der Waals surface area contributed by atoms with Gasteiger partial charge in [-0.15, -0.1) is 0 Å². The molecule has 0 spiro atoms. The van der Waals surface area contributed by atoms with E-state index >= 15 is 0 Å². The molecule has 1 N–H and O–H groups in total. The Labute approximate surface area is 114 Å². The first-order valence-electron chi connectivity index (χ1n) is 7.30. The highest BCUT2D eigenvalue weighted by molar-refractivity contribution is 7.91. The molecule has 3 heterocycles. The first-order valence-corrected chi connectivity index (χ1v) is 9.12. The number of hydrogen-bond donors (Lipinski definition) is 1. The van der Waals surface area contributed by atoms with Gasteiger partial charge in [-0.25, -0.2) is 8.42 Å². The second kappa shape index (κ2) is 5.05. The van der Waals surface area contributed by atoms with Crippen molar-refractivity contribution in [3.63, 3.8) is 0 Å². The zero-order chi connectivity index (χ0) is 13.5. The maximum atomic E-state index is 12.2. The smallest absolute Gasteiger partial charge is 0.224 e. The average Bonchev–Trinajstić information content (AvgIpc) is 2.94. The van der Waals surface area contributed by atoms with Crippen LogP contribution in [0.3, 0.4) is 0 Å². The summed E-state index contributed by atoms with van der Waals surface area (Å²) >= 11 is 0. The van der Waals surface area contributed by atoms with Crippen LogP contribution in [0, 0.1) is 5.92 Å². The summed E-state index contributed by atoms with van der Waals surface area (Å²) < 4.78 is 22.8. The molecule has 0 radical (unpaired) electrons. The van der Waals surface area contributed by atoms with Crippen molar-refractivity contribution < 1.29 is 13.2 Å². The Balaban J connectivity index is 1.58. The molecule has 0 aromatic rings. The highest BCUT2D eigenvalue weighted by Gasteiger charge is 2.39. The number of sulfone groups is 1. The number of amides is 1. The van der Waals surface area contributed by atoms with Gasteiger partial charge in [-0.3, -0.25) is 9.69 Å². The van der Waals surface area contributed by atoms with E-state index in [1.807, 2.05) is 0 Å². The van der Waals surface area contributed by atoms with Crippen molar-refractivity contribution in [2.45, 2.75) is 44.2 Å². The van der Waals surface area contributed by atoms with Gasteiger partial charge < -0.3 is 5.32 Å². The maximum Gasteiger partial charge on any atom is 0.224 e. The summed E-state index contributed by atoms with van der Waals surface area (Å²) in [4.78, 5) is 14.6. The molecule has 6 heteroatoms. The van der Waals surface area contributed by atoms with Crippen molar-refractivity contribution in [3.8, 4) is 0 Å². The molecule has 3 aliphatic heterocycles. The van der Waals surface area contributed by atoms with Crippen molar-refractivity contribution in [3.05, 3.63) is 0 Å². The minimum Gasteiger partial charge on any atom is -0.351 e. The Morgan fingerprint density at radius 3 is 2.68 bits per heavy atom. The quantitative estimate of drug-likeness (QED) is 0.785. The highest BCUT2D eigenvalue weighted by Crippen LogP contribution is 2.28. The van der Waals surface area contributed by atoms with Crippen molar-refractivity contribution in [1.29, 1.82) is 0 Å². The monoisotopic (exact) mass is 286 g/mol. The van der Waals surface area contributed by atoms with E-state index in [4.69, 9.17) is 0 Å². The fourth-order valence-electron chi connectivity index (χ4n) is 3.72. The van der Waals surface area contributed by atoms with Crippen LogP contribution in [0.25, 0.3) is 0 Å². The minimum absolute atomic E-state index is 0.0416. The molecule has 0 unspecified atom stereocenters. The summed E-state index contributed by atoms with van der Waals surface area (Å²) in [6, 6.07) is 0.715. The van der Waals surface area contributed by atoms with Crippen LogP contribution in [0.5, 0.6) is 0 Å². The molecule has 0 aliphatic carbocycles. The molecule has 3 atom stereocenters. The second-order valence-corrected chi connectivity index (χ2v) is 8.33. The topological polar surface area (TPSA) is 66.5 Å². The van der Waals surface area contributed by atoms with Crippen molar-refractivity contribution in [1.82, 2.24) is 10.2 Å². The lowest BCUT2D eigenvalue weighted by molar-refractivity contribution is -0.125. The number of piperidine rings is 1. The summed E-state index contributed by atoms with van der Waals surface area (Å²) in [5.74, 6) is -0.147. The third-order valence-corrected chi connectivity index (χ3v) is 6.55. The molecule has 3 rings (SSSR count). The molecule has 19 heavy (non-hydrogen) atoms. The molecule has 0 aromatic carbocycles. The molecule has 3 saturated heterocycles. The van der Waals surface area contributed by atoms with Gasteiger partial charge in [0.2, 0.25) is 5.91 Å². The van der Waals surface area contributed by atoms with E-state index in [1.54, 1.807) is 0 Å². The lowest BCUT2D eigenvalue weighted by Crippen LogP contribution is -2.48. The molecule has 0 aromatic heterocycles. The Morgan fingerprint density at radius 1 is 1.11 bits per heavy atom. The summed E-state index contributed by atoms with van der Waals surface area (Å²) in [6.07, 6.45) is 5.17. The predicted molar refractivity (Wildman–Crippen MR) is 72.5 cm³/mol. The van der Waals surface area contributed by atoms with E-state index < -0.39 is 9.84 Å². The summed E-state index contributed by atoms with van der Waals surface area (Å²) in [5, 5.41) is 3.11. The molecule has 108 valence electrons. The summed E-state index contributed by atoms with van der Waals surface area (Å²) in [6.45, 7) is 2.22. The fourth-order valence-corrected chi connectivity index (χ4v) is 5.46. The Hall–Kier alpha value is -0.620. The van der Waals surface area contributed by atoms with E-state index in [9.17, 15) is 13.2 Å². The van der Waals surface area contributed by atoms with Crippen LogP contribution in [0.2, 0.25) is 0 Å². The van der Waals surface area contributed by atoms with Crippen molar-refractivity contribution in [2.75, 3.05) is 24.6 Å². The van der Waals surface area contributed by atoms with Crippen LogP contribution in [0.15, 0.2) is 0 Å². The van der Waals surface area contributed by atoms with E-state index in [0.717, 1.165) is 25.9 Å². The molecule has 5 nitrogen and oxygen atoms in total. The van der Waals surface area contributed by atoms with Crippen LogP contribution < -0.4 is 5.32 Å². The Kier molecular flexibility index (Phi) is 3.55. The van der Waals surface area contributed by atoms with Crippen LogP contribution in [0.4, 0.5) is 0 Å². The van der Waals surface area contributed by atoms with E-state index in [1.165, 1.54) is 12.8 Å². The number of nitrogens with zero attached hydrogens (tertiary/aromatic N) is 1. The van der Waals surface area contributed by atoms with Crippen LogP contribution in [-0.4, -0.2) is 55.9 Å². The van der Waals surface area contributed by atoms with E-state index in [-0.39, 0.29) is 29.4 Å². The number of hydrogen-bond acceptors (Lipinski definition) is 4. The Bertz CT molecular complexity index is 463. The molecular weight excluding hydrogens is 264 g/mol. The zero-order valence-corrected chi connectivity index (χ0v) is 12.0. The maximum absolute atomic E-state index is 12.2. The van der Waals surface area contributed by atoms with Gasteiger partial charge in [-0.2, -0.15) is 0 Å².